The summed E-state index contributed by atoms with van der Waals surface area (Å²) in [6.07, 6.45) is 6.36. The molecule has 0 bridgehead atoms. The van der Waals surface area contributed by atoms with Crippen molar-refractivity contribution in [1.29, 1.82) is 0 Å². The molecule has 1 aliphatic rings. The first-order chi connectivity index (χ1) is 14.7. The van der Waals surface area contributed by atoms with Crippen LogP contribution in [-0.2, 0) is 14.8 Å². The van der Waals surface area contributed by atoms with Gasteiger partial charge in [0.05, 0.1) is 10.3 Å². The van der Waals surface area contributed by atoms with Gasteiger partial charge in [-0.25, -0.2) is 17.8 Å². The molecule has 0 radical (unpaired) electrons. The number of sulfonamides is 1. The van der Waals surface area contributed by atoms with Crippen LogP contribution in [0.1, 0.15) is 44.6 Å². The van der Waals surface area contributed by atoms with Crippen LogP contribution >= 0.6 is 11.8 Å². The zero-order valence-corrected chi connectivity index (χ0v) is 19.6. The summed E-state index contributed by atoms with van der Waals surface area (Å²) >= 11 is 1.21. The van der Waals surface area contributed by atoms with Crippen molar-refractivity contribution >= 4 is 33.4 Å². The fourth-order valence-corrected chi connectivity index (χ4v) is 5.70. The number of aryl methyl sites for hydroxylation is 1. The summed E-state index contributed by atoms with van der Waals surface area (Å²) in [6, 6.07) is 7.71. The van der Waals surface area contributed by atoms with E-state index in [0.717, 1.165) is 32.1 Å². The molecule has 168 valence electrons. The highest BCUT2D eigenvalue weighted by molar-refractivity contribution is 8.00. The van der Waals surface area contributed by atoms with E-state index in [2.05, 4.69) is 10.3 Å². The molecule has 1 amide bonds. The average molecular weight is 466 g/mol. The molecular formula is C22H28FN3O3S2. The molecule has 1 fully saturated rings. The lowest BCUT2D eigenvalue weighted by atomic mass is 9.96. The Labute approximate surface area is 187 Å². The zero-order chi connectivity index (χ0) is 22.6. The molecule has 1 N–H and O–H groups in total. The Morgan fingerprint density at radius 3 is 2.55 bits per heavy atom. The van der Waals surface area contributed by atoms with E-state index in [9.17, 15) is 17.6 Å². The van der Waals surface area contributed by atoms with Gasteiger partial charge in [0.25, 0.3) is 0 Å². The molecule has 0 saturated heterocycles. The van der Waals surface area contributed by atoms with Crippen LogP contribution < -0.4 is 5.32 Å². The van der Waals surface area contributed by atoms with E-state index in [1.165, 1.54) is 34.4 Å². The van der Waals surface area contributed by atoms with Gasteiger partial charge >= 0.3 is 0 Å². The summed E-state index contributed by atoms with van der Waals surface area (Å²) in [4.78, 5) is 16.8. The first-order valence-corrected chi connectivity index (χ1v) is 12.7. The lowest BCUT2D eigenvalue weighted by Gasteiger charge is -2.30. The van der Waals surface area contributed by atoms with Crippen molar-refractivity contribution in [3.05, 3.63) is 47.9 Å². The fraction of sp³-hybridized carbons (Fsp3) is 0.455. The van der Waals surface area contributed by atoms with E-state index in [0.29, 0.717) is 16.3 Å². The number of amides is 1. The Kier molecular flexibility index (Phi) is 7.72. The van der Waals surface area contributed by atoms with Crippen molar-refractivity contribution in [2.24, 2.45) is 0 Å². The van der Waals surface area contributed by atoms with Crippen LogP contribution in [-0.4, -0.2) is 42.0 Å². The highest BCUT2D eigenvalue weighted by Crippen LogP contribution is 2.28. The number of anilines is 1. The van der Waals surface area contributed by atoms with E-state index >= 15 is 0 Å². The number of benzene rings is 1. The van der Waals surface area contributed by atoms with Crippen molar-refractivity contribution in [3.8, 4) is 0 Å². The summed E-state index contributed by atoms with van der Waals surface area (Å²) in [5, 5.41) is 2.73. The van der Waals surface area contributed by atoms with Gasteiger partial charge in [0.15, 0.2) is 0 Å². The van der Waals surface area contributed by atoms with Crippen molar-refractivity contribution in [3.63, 3.8) is 0 Å². The fourth-order valence-electron chi connectivity index (χ4n) is 3.55. The van der Waals surface area contributed by atoms with Crippen LogP contribution in [0.3, 0.4) is 0 Å². The van der Waals surface area contributed by atoms with Gasteiger partial charge in [0.2, 0.25) is 15.9 Å². The molecule has 9 heteroatoms. The minimum atomic E-state index is -3.60. The maximum Gasteiger partial charge on any atom is 0.244 e. The highest BCUT2D eigenvalue weighted by atomic mass is 32.2. The summed E-state index contributed by atoms with van der Waals surface area (Å²) in [6.45, 7) is 3.37. The minimum Gasteiger partial charge on any atom is -0.325 e. The first-order valence-electron chi connectivity index (χ1n) is 10.4. The topological polar surface area (TPSA) is 79.4 Å². The normalized spacial score (nSPS) is 16.3. The van der Waals surface area contributed by atoms with E-state index in [1.807, 2.05) is 0 Å². The Morgan fingerprint density at radius 2 is 1.94 bits per heavy atom. The molecule has 31 heavy (non-hydrogen) atoms. The number of nitrogens with one attached hydrogen (secondary N) is 1. The largest absolute Gasteiger partial charge is 0.325 e. The molecule has 1 aliphatic carbocycles. The molecule has 6 nitrogen and oxygen atoms in total. The highest BCUT2D eigenvalue weighted by Gasteiger charge is 2.29. The van der Waals surface area contributed by atoms with Gasteiger partial charge in [-0.15, -0.1) is 0 Å². The van der Waals surface area contributed by atoms with Crippen molar-refractivity contribution < 1.29 is 17.6 Å². The number of rotatable bonds is 7. The van der Waals surface area contributed by atoms with E-state index < -0.39 is 15.3 Å². The van der Waals surface area contributed by atoms with Crippen molar-refractivity contribution in [1.82, 2.24) is 9.29 Å². The van der Waals surface area contributed by atoms with Gasteiger partial charge in [0, 0.05) is 25.0 Å². The number of pyridine rings is 1. The smallest absolute Gasteiger partial charge is 0.244 e. The number of nitrogens with zero attached hydrogens (tertiary/aromatic N) is 2. The first kappa shape index (κ1) is 23.7. The van der Waals surface area contributed by atoms with Gasteiger partial charge in [0.1, 0.15) is 10.7 Å². The second kappa shape index (κ2) is 10.1. The van der Waals surface area contributed by atoms with E-state index in [4.69, 9.17) is 0 Å². The van der Waals surface area contributed by atoms with Crippen LogP contribution in [0, 0.1) is 12.7 Å². The third-order valence-corrected chi connectivity index (χ3v) is 8.53. The van der Waals surface area contributed by atoms with Crippen molar-refractivity contribution in [2.75, 3.05) is 12.4 Å². The summed E-state index contributed by atoms with van der Waals surface area (Å²) in [5.74, 6) is -0.668. The predicted molar refractivity (Wildman–Crippen MR) is 121 cm³/mol. The molecule has 0 spiro atoms. The third kappa shape index (κ3) is 5.84. The van der Waals surface area contributed by atoms with Gasteiger partial charge in [-0.05, 0) is 56.5 Å². The number of halogens is 1. The molecule has 1 unspecified atom stereocenters. The molecule has 3 rings (SSSR count). The Hall–Kier alpha value is -1.97. The van der Waals surface area contributed by atoms with Crippen molar-refractivity contribution in [2.45, 2.75) is 67.2 Å². The number of thioether (sulfide) groups is 1. The van der Waals surface area contributed by atoms with Crippen LogP contribution in [0.5, 0.6) is 0 Å². The maximum absolute atomic E-state index is 13.7. The van der Waals surface area contributed by atoms with E-state index in [-0.39, 0.29) is 22.7 Å². The third-order valence-electron chi connectivity index (χ3n) is 5.58. The minimum absolute atomic E-state index is 0.0307. The summed E-state index contributed by atoms with van der Waals surface area (Å²) in [5.41, 5.74) is 0.898. The van der Waals surface area contributed by atoms with E-state index in [1.54, 1.807) is 39.1 Å². The van der Waals surface area contributed by atoms with Gasteiger partial charge in [-0.3, -0.25) is 4.79 Å². The summed E-state index contributed by atoms with van der Waals surface area (Å²) in [7, 11) is -1.97. The Bertz CT molecular complexity index is 1020. The second-order valence-electron chi connectivity index (χ2n) is 7.86. The molecule has 1 aromatic carbocycles. The quantitative estimate of drug-likeness (QED) is 0.605. The lowest BCUT2D eigenvalue weighted by Crippen LogP contribution is -2.38. The molecule has 1 atom stereocenters. The van der Waals surface area contributed by atoms with Crippen LogP contribution in [0.25, 0.3) is 0 Å². The van der Waals surface area contributed by atoms with Crippen LogP contribution in [0.15, 0.2) is 46.5 Å². The SMILES string of the molecule is Cc1ccc(NC(=O)C(C)Sc2ccc(S(=O)(=O)N(C)C3CCCCC3)cn2)cc1F. The average Bonchev–Trinajstić information content (AvgIpc) is 2.76. The zero-order valence-electron chi connectivity index (χ0n) is 18.0. The number of carbonyl (C=O) groups excluding carboxylic acids is 1. The Balaban J connectivity index is 1.62. The number of aromatic nitrogens is 1. The number of hydrogen-bond donors (Lipinski definition) is 1. The standard InChI is InChI=1S/C22H28FN3O3S2/c1-15-9-10-17(13-20(15)23)25-22(27)16(2)30-21-12-11-19(14-24-21)31(28,29)26(3)18-7-5-4-6-8-18/h9-14,16,18H,4-8H2,1-3H3,(H,25,27). The maximum atomic E-state index is 13.7. The molecule has 1 heterocycles. The molecule has 0 aliphatic heterocycles. The van der Waals surface area contributed by atoms with Crippen LogP contribution in [0.4, 0.5) is 10.1 Å². The molecule has 1 aromatic heterocycles. The van der Waals surface area contributed by atoms with Gasteiger partial charge < -0.3 is 5.32 Å². The molecule has 2 aromatic rings. The summed E-state index contributed by atoms with van der Waals surface area (Å²) < 4.78 is 41.0. The van der Waals surface area contributed by atoms with Gasteiger partial charge in [-0.2, -0.15) is 4.31 Å². The predicted octanol–water partition coefficient (Wildman–Crippen LogP) is 4.60. The van der Waals surface area contributed by atoms with Gasteiger partial charge in [-0.1, -0.05) is 37.1 Å². The monoisotopic (exact) mass is 465 g/mol. The Morgan fingerprint density at radius 1 is 1.23 bits per heavy atom. The number of carbonyl (C=O) groups is 1. The van der Waals surface area contributed by atoms with Crippen LogP contribution in [0.2, 0.25) is 0 Å². The molecular weight excluding hydrogens is 437 g/mol. The molecule has 1 saturated carbocycles. The lowest BCUT2D eigenvalue weighted by molar-refractivity contribution is -0.115. The number of hydrogen-bond acceptors (Lipinski definition) is 5. The second-order valence-corrected chi connectivity index (χ2v) is 11.2.